The van der Waals surface area contributed by atoms with Crippen LogP contribution in [0.5, 0.6) is 0 Å². The molecule has 0 fully saturated rings. The molecule has 0 atom stereocenters. The minimum absolute atomic E-state index is 0.530. The Bertz CT molecular complexity index is 1420. The Kier molecular flexibility index (Phi) is 7.66. The van der Waals surface area contributed by atoms with Crippen LogP contribution in [0.25, 0.3) is 36.7 Å². The zero-order valence-electron chi connectivity index (χ0n) is 16.9. The average molecular weight is 860 g/mol. The number of halogens is 4. The van der Waals surface area contributed by atoms with Crippen LogP contribution in [0.1, 0.15) is 13.8 Å². The van der Waals surface area contributed by atoms with Crippen molar-refractivity contribution in [3.63, 3.8) is 0 Å². The third-order valence-electron chi connectivity index (χ3n) is 5.19. The second kappa shape index (κ2) is 9.94. The number of fused-ring (bicyclic) bond motifs is 5. The number of para-hydroxylation sites is 3. The van der Waals surface area contributed by atoms with Gasteiger partial charge in [0.1, 0.15) is 5.69 Å². The molecule has 0 unspecified atom stereocenters. The molecule has 0 radical (unpaired) electrons. The summed E-state index contributed by atoms with van der Waals surface area (Å²) in [4.78, 5) is 0. The summed E-state index contributed by atoms with van der Waals surface area (Å²) in [6.45, 7) is 3.69. The molecular weight excluding hydrogens is 840 g/mol. The van der Waals surface area contributed by atoms with Gasteiger partial charge in [-0.1, -0.05) is 42.5 Å². The van der Waals surface area contributed by atoms with Crippen LogP contribution in [0.2, 0.25) is 0 Å². The van der Waals surface area contributed by atoms with Gasteiger partial charge >= 0.3 is 56.1 Å². The molecule has 3 nitrogen and oxygen atoms in total. The first-order chi connectivity index (χ1) is 14.9. The number of imidazole rings is 1. The number of benzene rings is 3. The van der Waals surface area contributed by atoms with Gasteiger partial charge in [0.15, 0.2) is 16.4 Å². The number of aliphatic hydroxyl groups is 1. The molecule has 0 aliphatic carbocycles. The fourth-order valence-electron chi connectivity index (χ4n) is 3.99. The number of nitrogens with zero attached hydrogens (tertiary/aromatic N) is 2. The fraction of sp³-hybridized carbons (Fsp3) is 0.125. The van der Waals surface area contributed by atoms with E-state index in [2.05, 4.69) is 142 Å². The van der Waals surface area contributed by atoms with Crippen LogP contribution < -0.4 is 23.2 Å². The van der Waals surface area contributed by atoms with E-state index in [1.54, 1.807) is 0 Å². The number of hydrogen-bond donors (Lipinski definition) is 1. The van der Waals surface area contributed by atoms with E-state index in [0.717, 1.165) is 36.7 Å². The van der Waals surface area contributed by atoms with Gasteiger partial charge in [-0.15, -0.1) is 0 Å². The van der Waals surface area contributed by atoms with E-state index in [1.807, 2.05) is 19.9 Å². The molecule has 31 heavy (non-hydrogen) atoms. The van der Waals surface area contributed by atoms with E-state index in [0.29, 0.717) is 13.3 Å². The summed E-state index contributed by atoms with van der Waals surface area (Å²) in [5.74, 6) is 0. The zero-order valence-corrected chi connectivity index (χ0v) is 25.5. The predicted molar refractivity (Wildman–Crippen MR) is 151 cm³/mol. The third-order valence-corrected chi connectivity index (χ3v) is 7.02. The summed E-state index contributed by atoms with van der Waals surface area (Å²) in [7, 11) is 0. The summed E-state index contributed by atoms with van der Waals surface area (Å²) in [6.07, 6.45) is 0. The molecule has 160 valence electrons. The molecule has 1 N–H and O–H groups in total. The summed E-state index contributed by atoms with van der Waals surface area (Å²) < 4.78 is 5.54. The van der Waals surface area contributed by atoms with E-state index in [9.17, 15) is 5.11 Å². The van der Waals surface area contributed by atoms with Crippen LogP contribution in [-0.4, -0.2) is 15.1 Å². The van der Waals surface area contributed by atoms with Crippen molar-refractivity contribution in [2.75, 3.05) is 0 Å². The Morgan fingerprint density at radius 2 is 1.42 bits per heavy atom. The van der Waals surface area contributed by atoms with Gasteiger partial charge in [0.05, 0.1) is 14.6 Å². The monoisotopic (exact) mass is 860 g/mol. The summed E-state index contributed by atoms with van der Waals surface area (Å²) in [5.41, 5.74) is 3.60. The quantitative estimate of drug-likeness (QED) is 0.215. The molecule has 2 aromatic heterocycles. The van der Waals surface area contributed by atoms with Gasteiger partial charge in [-0.2, -0.15) is 8.97 Å². The second-order valence-electron chi connectivity index (χ2n) is 7.64. The molecule has 5 rings (SSSR count). The average Bonchev–Trinajstić information content (AvgIpc) is 3.26. The number of hydrogen-bond acceptors (Lipinski definition) is 1. The standard InChI is InChI=1S/C24H20IN2O.I3/c1-24(2,28)22(25)21-17-12-6-7-13-18(17)23-26(16-10-4-3-5-11-16)19-14-8-9-15-20(19)27(21)23;1-3-2/h3-15,28H,1-2H3;/q+1;-1/b22-21+;. The van der Waals surface area contributed by atoms with Gasteiger partial charge in [-0.25, -0.2) is 0 Å². The number of rotatable bonds is 2. The van der Waals surface area contributed by atoms with E-state index < -0.39 is 5.60 Å². The molecule has 2 heterocycles. The summed E-state index contributed by atoms with van der Waals surface area (Å²) in [5, 5.41) is 14.2. The normalized spacial score (nSPS) is 13.0. The van der Waals surface area contributed by atoms with Crippen molar-refractivity contribution in [3.8, 4) is 5.69 Å². The molecule has 0 bridgehead atoms. The molecule has 3 aromatic carbocycles. The van der Waals surface area contributed by atoms with Gasteiger partial charge in [0, 0.05) is 5.39 Å². The van der Waals surface area contributed by atoms with Gasteiger partial charge in [0.2, 0.25) is 0 Å². The number of aromatic nitrogens is 2. The summed E-state index contributed by atoms with van der Waals surface area (Å²) in [6, 6.07) is 27.4. The van der Waals surface area contributed by atoms with Crippen molar-refractivity contribution < 1.29 is 22.9 Å². The first-order valence-electron chi connectivity index (χ1n) is 9.61. The molecule has 7 heteroatoms. The Morgan fingerprint density at radius 1 is 0.871 bits per heavy atom. The molecule has 0 spiro atoms. The van der Waals surface area contributed by atoms with Crippen LogP contribution >= 0.6 is 59.8 Å². The molecule has 0 aliphatic heterocycles. The first kappa shape index (κ1) is 23.9. The molecule has 0 saturated heterocycles. The molecule has 5 aromatic rings. The zero-order chi connectivity index (χ0) is 22.2. The van der Waals surface area contributed by atoms with E-state index in [-0.39, 0.29) is 0 Å². The van der Waals surface area contributed by atoms with E-state index in [1.165, 1.54) is 5.39 Å². The van der Waals surface area contributed by atoms with Crippen molar-refractivity contribution in [2.45, 2.75) is 19.4 Å². The summed E-state index contributed by atoms with van der Waals surface area (Å²) >= 11 is 7.60. The Balaban J connectivity index is 0.000000730. The Labute approximate surface area is 224 Å². The second-order valence-corrected chi connectivity index (χ2v) is 25.0. The van der Waals surface area contributed by atoms with Gasteiger partial charge in [0.25, 0.3) is 0 Å². The van der Waals surface area contributed by atoms with Gasteiger partial charge in [-0.3, -0.25) is 0 Å². The molecule has 0 amide bonds. The van der Waals surface area contributed by atoms with Gasteiger partial charge < -0.3 is 5.11 Å². The van der Waals surface area contributed by atoms with Crippen molar-refractivity contribution >= 4 is 90.9 Å². The van der Waals surface area contributed by atoms with Gasteiger partial charge in [-0.05, 0) is 72.8 Å². The van der Waals surface area contributed by atoms with Crippen molar-refractivity contribution in [1.29, 1.82) is 0 Å². The third kappa shape index (κ3) is 4.45. The van der Waals surface area contributed by atoms with Crippen LogP contribution in [-0.2, 0) is 0 Å². The molecule has 0 saturated carbocycles. The molecular formula is C24H20I4N2O. The Morgan fingerprint density at radius 3 is 2.06 bits per heavy atom. The van der Waals surface area contributed by atoms with Crippen molar-refractivity contribution in [2.24, 2.45) is 0 Å². The predicted octanol–water partition coefficient (Wildman–Crippen LogP) is 3.33. The maximum absolute atomic E-state index is 10.8. The minimum atomic E-state index is -0.923. The van der Waals surface area contributed by atoms with Crippen LogP contribution in [0.3, 0.4) is 0 Å². The first-order valence-corrected chi connectivity index (χ1v) is 23.3. The van der Waals surface area contributed by atoms with E-state index >= 15 is 0 Å². The topological polar surface area (TPSA) is 28.5 Å². The van der Waals surface area contributed by atoms with Crippen LogP contribution in [0, 0.1) is 0 Å². The van der Waals surface area contributed by atoms with E-state index in [4.69, 9.17) is 0 Å². The van der Waals surface area contributed by atoms with Crippen LogP contribution in [0.15, 0.2) is 78.9 Å². The maximum atomic E-state index is 10.8. The Hall–Kier alpha value is -0.250. The van der Waals surface area contributed by atoms with Crippen molar-refractivity contribution in [1.82, 2.24) is 4.40 Å². The van der Waals surface area contributed by atoms with Crippen LogP contribution in [0.4, 0.5) is 0 Å². The fourth-order valence-corrected chi connectivity index (χ4v) is 4.52. The van der Waals surface area contributed by atoms with Crippen molar-refractivity contribution in [3.05, 3.63) is 84.2 Å². The SMILES string of the molecule is CC(C)(O)/C(I)=c1/c2ccccc2c2n1c1ccccc1[n+]2-c1ccccc1.I[I-]I. The molecule has 0 aliphatic rings.